The van der Waals surface area contributed by atoms with Crippen LogP contribution in [0.3, 0.4) is 0 Å². The van der Waals surface area contributed by atoms with Crippen molar-refractivity contribution in [2.45, 2.75) is 25.3 Å². The van der Waals surface area contributed by atoms with E-state index in [1.54, 1.807) is 0 Å². The first-order chi connectivity index (χ1) is 5.29. The summed E-state index contributed by atoms with van der Waals surface area (Å²) in [5.41, 5.74) is 5.25. The Morgan fingerprint density at radius 3 is 3.00 bits per heavy atom. The molecule has 1 saturated heterocycles. The van der Waals surface area contributed by atoms with E-state index in [4.69, 9.17) is 5.73 Å². The van der Waals surface area contributed by atoms with Gasteiger partial charge in [-0.25, -0.2) is 0 Å². The molecule has 0 aromatic heterocycles. The van der Waals surface area contributed by atoms with Crippen LogP contribution in [-0.2, 0) is 4.79 Å². The number of hydrogen-bond donors (Lipinski definition) is 2. The van der Waals surface area contributed by atoms with Crippen LogP contribution in [0, 0.1) is 11.8 Å². The summed E-state index contributed by atoms with van der Waals surface area (Å²) < 4.78 is 0. The van der Waals surface area contributed by atoms with Crippen molar-refractivity contribution in [2.24, 2.45) is 17.6 Å². The smallest absolute Gasteiger partial charge is 0.234 e. The molecule has 0 aromatic carbocycles. The second-order valence-electron chi connectivity index (χ2n) is 3.64. The van der Waals surface area contributed by atoms with Gasteiger partial charge in [0, 0.05) is 0 Å². The molecule has 3 atom stereocenters. The van der Waals surface area contributed by atoms with Crippen molar-refractivity contribution in [1.29, 1.82) is 0 Å². The lowest BCUT2D eigenvalue weighted by Gasteiger charge is -2.13. The van der Waals surface area contributed by atoms with Crippen LogP contribution in [0.1, 0.15) is 19.3 Å². The number of nitrogens with two attached hydrogens (primary N) is 1. The quantitative estimate of drug-likeness (QED) is 0.552. The number of fused-ring (bicyclic) bond motifs is 1. The van der Waals surface area contributed by atoms with Crippen LogP contribution in [0.15, 0.2) is 0 Å². The fourth-order valence-corrected chi connectivity index (χ4v) is 2.50. The summed E-state index contributed by atoms with van der Waals surface area (Å²) >= 11 is 0. The zero-order chi connectivity index (χ0) is 7.84. The highest BCUT2D eigenvalue weighted by Crippen LogP contribution is 2.37. The number of hydrogen-bond acceptors (Lipinski definition) is 2. The molecule has 0 aromatic rings. The average Bonchev–Trinajstić information content (AvgIpc) is 2.41. The zero-order valence-electron chi connectivity index (χ0n) is 6.55. The highest BCUT2D eigenvalue weighted by atomic mass is 16.1. The maximum atomic E-state index is 10.9. The van der Waals surface area contributed by atoms with E-state index in [-0.39, 0.29) is 11.9 Å². The van der Waals surface area contributed by atoms with Crippen molar-refractivity contribution in [3.8, 4) is 0 Å². The van der Waals surface area contributed by atoms with Crippen molar-refractivity contribution in [1.82, 2.24) is 5.32 Å². The Morgan fingerprint density at radius 2 is 2.27 bits per heavy atom. The van der Waals surface area contributed by atoms with E-state index in [9.17, 15) is 4.79 Å². The summed E-state index contributed by atoms with van der Waals surface area (Å²) in [5.74, 6) is 1.11. The second kappa shape index (κ2) is 2.48. The summed E-state index contributed by atoms with van der Waals surface area (Å²) in [5, 5.41) is 3.18. The summed E-state index contributed by atoms with van der Waals surface area (Å²) in [7, 11) is 0. The topological polar surface area (TPSA) is 55.1 Å². The fraction of sp³-hybridized carbons (Fsp3) is 0.875. The first kappa shape index (κ1) is 7.10. The molecule has 2 rings (SSSR count). The second-order valence-corrected chi connectivity index (χ2v) is 3.64. The van der Waals surface area contributed by atoms with E-state index in [2.05, 4.69) is 5.32 Å². The molecule has 0 bridgehead atoms. The SMILES string of the molecule is NC(=O)C1NCC2CCCC21. The first-order valence-electron chi connectivity index (χ1n) is 4.32. The molecule has 1 aliphatic carbocycles. The Bertz CT molecular complexity index is 181. The van der Waals surface area contributed by atoms with Crippen LogP contribution in [-0.4, -0.2) is 18.5 Å². The highest BCUT2D eigenvalue weighted by Gasteiger charge is 2.41. The van der Waals surface area contributed by atoms with Crippen molar-refractivity contribution >= 4 is 5.91 Å². The molecule has 62 valence electrons. The van der Waals surface area contributed by atoms with E-state index in [0.717, 1.165) is 12.5 Å². The third-order valence-electron chi connectivity index (χ3n) is 3.05. The van der Waals surface area contributed by atoms with Gasteiger partial charge in [-0.1, -0.05) is 6.42 Å². The van der Waals surface area contributed by atoms with Crippen molar-refractivity contribution in [3.05, 3.63) is 0 Å². The molecular weight excluding hydrogens is 140 g/mol. The molecule has 2 aliphatic rings. The molecule has 1 amide bonds. The number of amides is 1. The lowest BCUT2D eigenvalue weighted by atomic mass is 9.94. The molecule has 0 spiro atoms. The van der Waals surface area contributed by atoms with Crippen LogP contribution in [0.25, 0.3) is 0 Å². The molecule has 3 unspecified atom stereocenters. The first-order valence-corrected chi connectivity index (χ1v) is 4.32. The molecule has 1 aliphatic heterocycles. The number of carbonyl (C=O) groups excluding carboxylic acids is 1. The van der Waals surface area contributed by atoms with Crippen LogP contribution in [0.5, 0.6) is 0 Å². The summed E-state index contributed by atoms with van der Waals surface area (Å²) in [6, 6.07) is -0.0255. The number of nitrogens with one attached hydrogen (secondary N) is 1. The van der Waals surface area contributed by atoms with Gasteiger partial charge in [-0.2, -0.15) is 0 Å². The molecule has 3 nitrogen and oxygen atoms in total. The minimum atomic E-state index is -0.167. The van der Waals surface area contributed by atoms with Gasteiger partial charge in [0.25, 0.3) is 0 Å². The minimum absolute atomic E-state index is 0.0255. The number of carbonyl (C=O) groups is 1. The monoisotopic (exact) mass is 154 g/mol. The van der Waals surface area contributed by atoms with E-state index in [1.807, 2.05) is 0 Å². The number of rotatable bonds is 1. The van der Waals surface area contributed by atoms with Gasteiger partial charge in [0.2, 0.25) is 5.91 Å². The zero-order valence-corrected chi connectivity index (χ0v) is 6.55. The minimum Gasteiger partial charge on any atom is -0.368 e. The Balaban J connectivity index is 2.08. The van der Waals surface area contributed by atoms with Gasteiger partial charge in [0.05, 0.1) is 6.04 Å². The Hall–Kier alpha value is -0.570. The Kier molecular flexibility index (Phi) is 1.60. The van der Waals surface area contributed by atoms with Gasteiger partial charge in [0.1, 0.15) is 0 Å². The predicted molar refractivity (Wildman–Crippen MR) is 41.8 cm³/mol. The summed E-state index contributed by atoms with van der Waals surface area (Å²) in [6.07, 6.45) is 3.74. The molecule has 3 heteroatoms. The number of primary amides is 1. The van der Waals surface area contributed by atoms with Crippen molar-refractivity contribution < 1.29 is 4.79 Å². The van der Waals surface area contributed by atoms with Crippen molar-refractivity contribution in [2.75, 3.05) is 6.54 Å². The van der Waals surface area contributed by atoms with Crippen LogP contribution in [0.4, 0.5) is 0 Å². The lowest BCUT2D eigenvalue weighted by Crippen LogP contribution is -2.40. The highest BCUT2D eigenvalue weighted by molar-refractivity contribution is 5.80. The molecule has 11 heavy (non-hydrogen) atoms. The fourth-order valence-electron chi connectivity index (χ4n) is 2.50. The molecular formula is C8H14N2O. The van der Waals surface area contributed by atoms with Crippen LogP contribution >= 0.6 is 0 Å². The third kappa shape index (κ3) is 1.03. The van der Waals surface area contributed by atoms with Gasteiger partial charge in [0.15, 0.2) is 0 Å². The van der Waals surface area contributed by atoms with Crippen LogP contribution < -0.4 is 11.1 Å². The summed E-state index contributed by atoms with van der Waals surface area (Å²) in [6.45, 7) is 0.998. The molecule has 0 radical (unpaired) electrons. The van der Waals surface area contributed by atoms with Gasteiger partial charge in [-0.05, 0) is 31.2 Å². The molecule has 1 heterocycles. The molecule has 3 N–H and O–H groups in total. The van der Waals surface area contributed by atoms with Crippen LogP contribution in [0.2, 0.25) is 0 Å². The largest absolute Gasteiger partial charge is 0.368 e. The third-order valence-corrected chi connectivity index (χ3v) is 3.05. The van der Waals surface area contributed by atoms with Crippen molar-refractivity contribution in [3.63, 3.8) is 0 Å². The Labute approximate surface area is 66.3 Å². The van der Waals surface area contributed by atoms with E-state index >= 15 is 0 Å². The van der Waals surface area contributed by atoms with Gasteiger partial charge in [-0.15, -0.1) is 0 Å². The lowest BCUT2D eigenvalue weighted by molar-refractivity contribution is -0.120. The molecule has 1 saturated carbocycles. The molecule has 2 fully saturated rings. The maximum absolute atomic E-state index is 10.9. The van der Waals surface area contributed by atoms with E-state index in [1.165, 1.54) is 19.3 Å². The van der Waals surface area contributed by atoms with Gasteiger partial charge >= 0.3 is 0 Å². The predicted octanol–water partition coefficient (Wildman–Crippen LogP) is -0.140. The van der Waals surface area contributed by atoms with Gasteiger partial charge < -0.3 is 11.1 Å². The Morgan fingerprint density at radius 1 is 1.45 bits per heavy atom. The summed E-state index contributed by atoms with van der Waals surface area (Å²) in [4.78, 5) is 10.9. The average molecular weight is 154 g/mol. The normalized spacial score (nSPS) is 42.4. The maximum Gasteiger partial charge on any atom is 0.234 e. The van der Waals surface area contributed by atoms with Gasteiger partial charge in [-0.3, -0.25) is 4.79 Å². The standard InChI is InChI=1S/C8H14N2O/c9-8(11)7-6-3-1-2-5(6)4-10-7/h5-7,10H,1-4H2,(H2,9,11). The van der Waals surface area contributed by atoms with E-state index < -0.39 is 0 Å². The van der Waals surface area contributed by atoms with E-state index in [0.29, 0.717) is 5.92 Å².